The van der Waals surface area contributed by atoms with Gasteiger partial charge in [0.2, 0.25) is 0 Å². The minimum Gasteiger partial charge on any atom is -0.468 e. The third kappa shape index (κ3) is 2.09. The molecule has 0 atom stereocenters. The molecular formula is C13H16O2S. The van der Waals surface area contributed by atoms with Crippen LogP contribution >= 0.6 is 11.8 Å². The maximum absolute atomic E-state index is 11.7. The minimum absolute atomic E-state index is 0.0848. The molecule has 0 bridgehead atoms. The molecule has 2 nitrogen and oxygen atoms in total. The van der Waals surface area contributed by atoms with Crippen LogP contribution in [-0.4, -0.2) is 17.8 Å². The molecule has 1 fully saturated rings. The second kappa shape index (κ2) is 4.13. The highest BCUT2D eigenvalue weighted by Gasteiger charge is 2.52. The Morgan fingerprint density at radius 3 is 2.62 bits per heavy atom. The van der Waals surface area contributed by atoms with Gasteiger partial charge in [-0.1, -0.05) is 17.7 Å². The average Bonchev–Trinajstić information content (AvgIpc) is 3.03. The van der Waals surface area contributed by atoms with E-state index in [1.807, 2.05) is 0 Å². The summed E-state index contributed by atoms with van der Waals surface area (Å²) >= 11 is 1.66. The van der Waals surface area contributed by atoms with Gasteiger partial charge in [0.25, 0.3) is 0 Å². The highest BCUT2D eigenvalue weighted by Crippen LogP contribution is 2.53. The van der Waals surface area contributed by atoms with Gasteiger partial charge in [-0.25, -0.2) is 0 Å². The number of hydrogen-bond acceptors (Lipinski definition) is 3. The molecule has 1 aliphatic rings. The van der Waals surface area contributed by atoms with E-state index in [1.54, 1.807) is 11.8 Å². The molecular weight excluding hydrogens is 220 g/mol. The van der Waals surface area contributed by atoms with Crippen LogP contribution in [0.25, 0.3) is 0 Å². The highest BCUT2D eigenvalue weighted by molar-refractivity contribution is 8.01. The quantitative estimate of drug-likeness (QED) is 0.754. The zero-order valence-electron chi connectivity index (χ0n) is 9.87. The van der Waals surface area contributed by atoms with Crippen molar-refractivity contribution >= 4 is 17.7 Å². The number of thioether (sulfide) groups is 1. The normalized spacial score (nSPS) is 16.9. The molecule has 86 valence electrons. The van der Waals surface area contributed by atoms with Crippen molar-refractivity contribution in [2.75, 3.05) is 7.11 Å². The number of hydrogen-bond donors (Lipinski definition) is 0. The Labute approximate surface area is 100 Å². The van der Waals surface area contributed by atoms with Crippen LogP contribution < -0.4 is 0 Å². The molecule has 0 saturated heterocycles. The third-order valence-electron chi connectivity index (χ3n) is 2.91. The Kier molecular flexibility index (Phi) is 2.98. The molecule has 0 heterocycles. The molecule has 0 amide bonds. The number of carbonyl (C=O) groups is 1. The van der Waals surface area contributed by atoms with E-state index in [-0.39, 0.29) is 10.7 Å². The summed E-state index contributed by atoms with van der Waals surface area (Å²) in [5.74, 6) is -0.0848. The number of rotatable bonds is 3. The summed E-state index contributed by atoms with van der Waals surface area (Å²) < 4.78 is 4.56. The lowest BCUT2D eigenvalue weighted by molar-refractivity contribution is -0.140. The molecule has 0 N–H and O–H groups in total. The molecule has 1 aliphatic carbocycles. The van der Waals surface area contributed by atoms with Crippen LogP contribution in [0.2, 0.25) is 0 Å². The molecule has 2 rings (SSSR count). The molecule has 0 aliphatic heterocycles. The SMILES string of the molecule is COC(=O)C1(Sc2cc(C)ccc2C)CC1. The average molecular weight is 236 g/mol. The van der Waals surface area contributed by atoms with Crippen LogP contribution in [-0.2, 0) is 9.53 Å². The monoisotopic (exact) mass is 236 g/mol. The predicted molar refractivity (Wildman–Crippen MR) is 65.8 cm³/mol. The van der Waals surface area contributed by atoms with Gasteiger partial charge in [-0.2, -0.15) is 0 Å². The number of esters is 1. The Morgan fingerprint density at radius 1 is 1.38 bits per heavy atom. The van der Waals surface area contributed by atoms with E-state index >= 15 is 0 Å². The maximum Gasteiger partial charge on any atom is 0.322 e. The minimum atomic E-state index is -0.298. The fourth-order valence-electron chi connectivity index (χ4n) is 1.68. The molecule has 0 aromatic heterocycles. The Bertz CT molecular complexity index is 422. The van der Waals surface area contributed by atoms with Crippen LogP contribution in [0.15, 0.2) is 23.1 Å². The van der Waals surface area contributed by atoms with Crippen molar-refractivity contribution in [1.82, 2.24) is 0 Å². The fraction of sp³-hybridized carbons (Fsp3) is 0.462. The molecule has 16 heavy (non-hydrogen) atoms. The fourth-order valence-corrected chi connectivity index (χ4v) is 3.04. The smallest absolute Gasteiger partial charge is 0.322 e. The van der Waals surface area contributed by atoms with Gasteiger partial charge in [0.1, 0.15) is 4.75 Å². The van der Waals surface area contributed by atoms with Crippen LogP contribution in [0.4, 0.5) is 0 Å². The van der Waals surface area contributed by atoms with Crippen LogP contribution in [0, 0.1) is 13.8 Å². The van der Waals surface area contributed by atoms with E-state index < -0.39 is 0 Å². The zero-order chi connectivity index (χ0) is 11.8. The van der Waals surface area contributed by atoms with Gasteiger partial charge in [-0.15, -0.1) is 11.8 Å². The van der Waals surface area contributed by atoms with Crippen LogP contribution in [0.5, 0.6) is 0 Å². The Morgan fingerprint density at radius 2 is 2.06 bits per heavy atom. The number of aryl methyl sites for hydroxylation is 2. The first-order valence-electron chi connectivity index (χ1n) is 5.42. The third-order valence-corrected chi connectivity index (χ3v) is 4.54. The van der Waals surface area contributed by atoms with Crippen molar-refractivity contribution in [3.63, 3.8) is 0 Å². The van der Waals surface area contributed by atoms with Crippen molar-refractivity contribution in [2.24, 2.45) is 0 Å². The van der Waals surface area contributed by atoms with Gasteiger partial charge in [0, 0.05) is 4.90 Å². The van der Waals surface area contributed by atoms with E-state index in [2.05, 4.69) is 32.0 Å². The molecule has 1 aromatic carbocycles. The molecule has 0 unspecified atom stereocenters. The van der Waals surface area contributed by atoms with Crippen molar-refractivity contribution in [1.29, 1.82) is 0 Å². The van der Waals surface area contributed by atoms with Crippen molar-refractivity contribution in [2.45, 2.75) is 36.3 Å². The first-order chi connectivity index (χ1) is 7.57. The van der Waals surface area contributed by atoms with Gasteiger partial charge in [-0.05, 0) is 38.3 Å². The van der Waals surface area contributed by atoms with E-state index in [0.717, 1.165) is 12.8 Å². The summed E-state index contributed by atoms with van der Waals surface area (Å²) in [5.41, 5.74) is 2.46. The number of methoxy groups -OCH3 is 1. The van der Waals surface area contributed by atoms with Crippen LogP contribution in [0.1, 0.15) is 24.0 Å². The first kappa shape index (κ1) is 11.5. The van der Waals surface area contributed by atoms with Crippen LogP contribution in [0.3, 0.4) is 0 Å². The number of carbonyl (C=O) groups excluding carboxylic acids is 1. The summed E-state index contributed by atoms with van der Waals surface area (Å²) in [5, 5.41) is 0. The predicted octanol–water partition coefficient (Wildman–Crippen LogP) is 3.10. The summed E-state index contributed by atoms with van der Waals surface area (Å²) in [4.78, 5) is 12.9. The molecule has 1 saturated carbocycles. The molecule has 3 heteroatoms. The lowest BCUT2D eigenvalue weighted by atomic mass is 10.2. The van der Waals surface area contributed by atoms with E-state index in [1.165, 1.54) is 23.1 Å². The number of ether oxygens (including phenoxy) is 1. The van der Waals surface area contributed by atoms with E-state index in [9.17, 15) is 4.79 Å². The standard InChI is InChI=1S/C13H16O2S/c1-9-4-5-10(2)11(8-9)16-13(6-7-13)12(14)15-3/h4-5,8H,6-7H2,1-3H3. The number of benzene rings is 1. The molecule has 0 spiro atoms. The maximum atomic E-state index is 11.7. The largest absolute Gasteiger partial charge is 0.468 e. The second-order valence-corrected chi connectivity index (χ2v) is 5.78. The van der Waals surface area contributed by atoms with E-state index in [4.69, 9.17) is 4.74 Å². The second-order valence-electron chi connectivity index (χ2n) is 4.36. The van der Waals surface area contributed by atoms with Gasteiger partial charge in [0.05, 0.1) is 7.11 Å². The summed E-state index contributed by atoms with van der Waals surface area (Å²) in [7, 11) is 1.46. The van der Waals surface area contributed by atoms with Crippen molar-refractivity contribution in [3.8, 4) is 0 Å². The van der Waals surface area contributed by atoms with Crippen molar-refractivity contribution < 1.29 is 9.53 Å². The van der Waals surface area contributed by atoms with E-state index in [0.29, 0.717) is 0 Å². The first-order valence-corrected chi connectivity index (χ1v) is 6.24. The zero-order valence-corrected chi connectivity index (χ0v) is 10.7. The molecule has 0 radical (unpaired) electrons. The van der Waals surface area contributed by atoms with Gasteiger partial charge >= 0.3 is 5.97 Å². The van der Waals surface area contributed by atoms with Gasteiger partial charge in [0.15, 0.2) is 0 Å². The molecule has 1 aromatic rings. The Balaban J connectivity index is 2.21. The van der Waals surface area contributed by atoms with Gasteiger partial charge in [-0.3, -0.25) is 4.79 Å². The lowest BCUT2D eigenvalue weighted by Crippen LogP contribution is -2.20. The summed E-state index contributed by atoms with van der Waals surface area (Å²) in [6.45, 7) is 4.15. The van der Waals surface area contributed by atoms with Crippen molar-refractivity contribution in [3.05, 3.63) is 29.3 Å². The lowest BCUT2D eigenvalue weighted by Gasteiger charge is -2.14. The highest BCUT2D eigenvalue weighted by atomic mass is 32.2. The Hall–Kier alpha value is -0.960. The summed E-state index contributed by atoms with van der Waals surface area (Å²) in [6, 6.07) is 6.34. The topological polar surface area (TPSA) is 26.3 Å². The van der Waals surface area contributed by atoms with Gasteiger partial charge < -0.3 is 4.74 Å². The summed E-state index contributed by atoms with van der Waals surface area (Å²) in [6.07, 6.45) is 1.86.